The van der Waals surface area contributed by atoms with Gasteiger partial charge < -0.3 is 14.6 Å². The number of anilines is 1. The lowest BCUT2D eigenvalue weighted by atomic mass is 10.0. The number of fused-ring (bicyclic) bond motifs is 1. The first-order valence-corrected chi connectivity index (χ1v) is 13.7. The van der Waals surface area contributed by atoms with E-state index in [1.807, 2.05) is 54.9 Å². The Hall–Kier alpha value is -4.72. The van der Waals surface area contributed by atoms with Crippen LogP contribution in [-0.2, 0) is 16.6 Å². The highest BCUT2D eigenvalue weighted by Gasteiger charge is 2.37. The molecule has 4 heterocycles. The van der Waals surface area contributed by atoms with Crippen molar-refractivity contribution in [3.8, 4) is 16.9 Å². The Morgan fingerprint density at radius 1 is 1.12 bits per heavy atom. The van der Waals surface area contributed by atoms with Crippen LogP contribution in [0.1, 0.15) is 17.2 Å². The smallest absolute Gasteiger partial charge is 0.320 e. The number of carbonyl (C=O) groups excluding carboxylic acids is 1. The molecule has 0 saturated carbocycles. The first-order chi connectivity index (χ1) is 20.8. The van der Waals surface area contributed by atoms with Crippen molar-refractivity contribution in [1.82, 2.24) is 34.7 Å². The second-order valence-corrected chi connectivity index (χ2v) is 10.3. The van der Waals surface area contributed by atoms with Crippen molar-refractivity contribution in [2.75, 3.05) is 32.1 Å². The first-order valence-electron chi connectivity index (χ1n) is 13.7. The van der Waals surface area contributed by atoms with E-state index in [0.717, 1.165) is 40.1 Å². The van der Waals surface area contributed by atoms with Gasteiger partial charge in [-0.2, -0.15) is 10.2 Å². The van der Waals surface area contributed by atoms with Crippen molar-refractivity contribution in [2.45, 2.75) is 19.1 Å². The number of nitrogens with one attached hydrogen (secondary N) is 2. The molecule has 13 heteroatoms. The molecule has 2 N–H and O–H groups in total. The summed E-state index contributed by atoms with van der Waals surface area (Å²) in [6, 6.07) is 13.8. The van der Waals surface area contributed by atoms with Crippen LogP contribution < -0.4 is 10.6 Å². The summed E-state index contributed by atoms with van der Waals surface area (Å²) in [7, 11) is 3.45. The average Bonchev–Trinajstić information content (AvgIpc) is 3.69. The standard InChI is InChI=1S/C30H30F2N8O3/c1-18-26(20-14-24-29(33-15-20)38(2)17-34-24)37-40(21-7-5-4-6-8-21)28(18)36-30(41)35-25-16-39(11-12-42-3)43-27(25)19-9-10-22(31)23(32)13-19/h4-10,13-15,17,25,27H,11-12,16H2,1-3H3,(H2,35,36,41)/t25-,27+/m1/s1. The molecule has 0 spiro atoms. The van der Waals surface area contributed by atoms with Gasteiger partial charge in [-0.25, -0.2) is 28.2 Å². The van der Waals surface area contributed by atoms with Crippen molar-refractivity contribution < 1.29 is 23.1 Å². The fraction of sp³-hybridized carbons (Fsp3) is 0.267. The molecule has 2 amide bonds. The quantitative estimate of drug-likeness (QED) is 0.274. The summed E-state index contributed by atoms with van der Waals surface area (Å²) in [6.07, 6.45) is 2.69. The topological polar surface area (TPSA) is 111 Å². The van der Waals surface area contributed by atoms with E-state index in [0.29, 0.717) is 36.8 Å². The number of imidazole rings is 1. The van der Waals surface area contributed by atoms with Crippen LogP contribution in [0.4, 0.5) is 19.4 Å². The molecular weight excluding hydrogens is 558 g/mol. The van der Waals surface area contributed by atoms with E-state index in [1.165, 1.54) is 6.07 Å². The van der Waals surface area contributed by atoms with E-state index in [9.17, 15) is 13.6 Å². The highest BCUT2D eigenvalue weighted by molar-refractivity contribution is 5.91. The van der Waals surface area contributed by atoms with Crippen LogP contribution in [0, 0.1) is 18.6 Å². The number of hydrogen-bond donors (Lipinski definition) is 2. The van der Waals surface area contributed by atoms with Crippen molar-refractivity contribution in [3.05, 3.63) is 89.9 Å². The summed E-state index contributed by atoms with van der Waals surface area (Å²) in [5, 5.41) is 12.4. The van der Waals surface area contributed by atoms with Gasteiger partial charge in [0.1, 0.15) is 17.4 Å². The molecule has 0 bridgehead atoms. The van der Waals surface area contributed by atoms with Gasteiger partial charge in [0, 0.05) is 44.6 Å². The summed E-state index contributed by atoms with van der Waals surface area (Å²) in [5.74, 6) is -1.50. The maximum absolute atomic E-state index is 14.1. The van der Waals surface area contributed by atoms with Gasteiger partial charge in [-0.05, 0) is 42.8 Å². The summed E-state index contributed by atoms with van der Waals surface area (Å²) >= 11 is 0. The van der Waals surface area contributed by atoms with Crippen LogP contribution >= 0.6 is 0 Å². The second kappa shape index (κ2) is 11.9. The minimum Gasteiger partial charge on any atom is -0.383 e. The lowest BCUT2D eigenvalue weighted by Crippen LogP contribution is -2.42. The van der Waals surface area contributed by atoms with Gasteiger partial charge in [0.25, 0.3) is 0 Å². The molecular formula is C30H30F2N8O3. The molecule has 43 heavy (non-hydrogen) atoms. The number of aryl methyl sites for hydroxylation is 1. The molecule has 2 aromatic carbocycles. The number of aromatic nitrogens is 5. The van der Waals surface area contributed by atoms with Crippen LogP contribution in [0.2, 0.25) is 0 Å². The summed E-state index contributed by atoms with van der Waals surface area (Å²) in [5.41, 5.74) is 4.71. The predicted molar refractivity (Wildman–Crippen MR) is 155 cm³/mol. The van der Waals surface area contributed by atoms with Crippen molar-refractivity contribution in [3.63, 3.8) is 0 Å². The maximum atomic E-state index is 14.1. The number of hydroxylamine groups is 2. The van der Waals surface area contributed by atoms with E-state index in [1.54, 1.807) is 29.4 Å². The third-order valence-corrected chi connectivity index (χ3v) is 7.34. The Bertz CT molecular complexity index is 1770. The number of hydrogen-bond acceptors (Lipinski definition) is 7. The number of ether oxygens (including phenoxy) is 1. The molecule has 2 atom stereocenters. The number of nitrogens with zero attached hydrogens (tertiary/aromatic N) is 6. The zero-order chi connectivity index (χ0) is 30.1. The number of pyridine rings is 1. The molecule has 0 unspecified atom stereocenters. The number of para-hydroxylation sites is 1. The average molecular weight is 589 g/mol. The summed E-state index contributed by atoms with van der Waals surface area (Å²) in [6.45, 7) is 2.99. The number of carbonyl (C=O) groups is 1. The molecule has 1 fully saturated rings. The third kappa shape index (κ3) is 5.69. The maximum Gasteiger partial charge on any atom is 0.320 e. The molecule has 1 aliphatic heterocycles. The molecule has 3 aromatic heterocycles. The fourth-order valence-corrected chi connectivity index (χ4v) is 5.16. The molecule has 222 valence electrons. The van der Waals surface area contributed by atoms with Gasteiger partial charge >= 0.3 is 6.03 Å². The number of rotatable bonds is 8. The van der Waals surface area contributed by atoms with Crippen LogP contribution in [0.3, 0.4) is 0 Å². The minimum atomic E-state index is -0.993. The fourth-order valence-electron chi connectivity index (χ4n) is 5.16. The Balaban J connectivity index is 1.30. The Morgan fingerprint density at radius 3 is 2.70 bits per heavy atom. The second-order valence-electron chi connectivity index (χ2n) is 10.3. The lowest BCUT2D eigenvalue weighted by Gasteiger charge is -2.20. The van der Waals surface area contributed by atoms with Gasteiger partial charge in [0.2, 0.25) is 0 Å². The van der Waals surface area contributed by atoms with E-state index < -0.39 is 29.8 Å². The summed E-state index contributed by atoms with van der Waals surface area (Å²) in [4.78, 5) is 28.5. The van der Waals surface area contributed by atoms with Gasteiger partial charge in [-0.15, -0.1) is 0 Å². The van der Waals surface area contributed by atoms with Gasteiger partial charge in [0.05, 0.1) is 30.4 Å². The number of amides is 2. The number of urea groups is 1. The zero-order valence-electron chi connectivity index (χ0n) is 23.8. The number of methoxy groups -OCH3 is 1. The van der Waals surface area contributed by atoms with E-state index >= 15 is 0 Å². The van der Waals surface area contributed by atoms with Crippen LogP contribution in [0.15, 0.2) is 67.1 Å². The monoisotopic (exact) mass is 588 g/mol. The number of halogens is 2. The predicted octanol–water partition coefficient (Wildman–Crippen LogP) is 4.53. The van der Waals surface area contributed by atoms with Crippen LogP contribution in [-0.4, -0.2) is 68.3 Å². The van der Waals surface area contributed by atoms with Gasteiger partial charge in [-0.1, -0.05) is 24.3 Å². The third-order valence-electron chi connectivity index (χ3n) is 7.34. The normalized spacial score (nSPS) is 17.0. The molecule has 6 rings (SSSR count). The Morgan fingerprint density at radius 2 is 1.93 bits per heavy atom. The van der Waals surface area contributed by atoms with Gasteiger partial charge in [0.15, 0.2) is 17.3 Å². The van der Waals surface area contributed by atoms with E-state index in [4.69, 9.17) is 14.7 Å². The minimum absolute atomic E-state index is 0.304. The van der Waals surface area contributed by atoms with Crippen molar-refractivity contribution in [2.24, 2.45) is 7.05 Å². The van der Waals surface area contributed by atoms with Gasteiger partial charge in [-0.3, -0.25) is 10.2 Å². The Kier molecular flexibility index (Phi) is 7.84. The lowest BCUT2D eigenvalue weighted by molar-refractivity contribution is -0.154. The molecule has 5 aromatic rings. The van der Waals surface area contributed by atoms with Crippen LogP contribution in [0.5, 0.6) is 0 Å². The summed E-state index contributed by atoms with van der Waals surface area (Å²) < 4.78 is 36.4. The van der Waals surface area contributed by atoms with Crippen molar-refractivity contribution >= 4 is 23.0 Å². The molecule has 1 saturated heterocycles. The number of benzene rings is 2. The van der Waals surface area contributed by atoms with E-state index in [-0.39, 0.29) is 0 Å². The van der Waals surface area contributed by atoms with Crippen molar-refractivity contribution in [1.29, 1.82) is 0 Å². The highest BCUT2D eigenvalue weighted by atomic mass is 19.2. The molecule has 1 aliphatic rings. The van der Waals surface area contributed by atoms with E-state index in [2.05, 4.69) is 20.6 Å². The Labute approximate surface area is 246 Å². The largest absolute Gasteiger partial charge is 0.383 e. The highest BCUT2D eigenvalue weighted by Crippen LogP contribution is 2.33. The van der Waals surface area contributed by atoms with Crippen LogP contribution in [0.25, 0.3) is 28.1 Å². The zero-order valence-corrected chi connectivity index (χ0v) is 23.8. The molecule has 0 aliphatic carbocycles. The first kappa shape index (κ1) is 28.4. The molecule has 0 radical (unpaired) electrons. The molecule has 11 nitrogen and oxygen atoms in total. The SMILES string of the molecule is COCCN1C[C@@H](NC(=O)Nc2c(C)c(-c3cnc4c(c3)ncn4C)nn2-c2ccccc2)[C@H](c2ccc(F)c(F)c2)O1.